The molecule has 0 N–H and O–H groups in total. The molecule has 3 heteroatoms. The molecule has 0 saturated heterocycles. The summed E-state index contributed by atoms with van der Waals surface area (Å²) in [6.45, 7) is 3.01. The second kappa shape index (κ2) is 9.73. The predicted molar refractivity (Wildman–Crippen MR) is 120 cm³/mol. The standard InChI is InChI=1S/C25H27N3/c1-21-13-17-25(18-14-21)28(24-11-5-4-6-12-24)26-19-22-9-7-8-10-23(16-15-22)20-27(2)3/h4-6,10-19,22H,8,20H2,1-3H3/b16-15-,23-10+,26-19+. The number of likely N-dealkylation sites (N-methyl/N-ethyl adjacent to an activating group) is 1. The molecule has 0 amide bonds. The van der Waals surface area contributed by atoms with E-state index < -0.39 is 0 Å². The Bertz CT molecular complexity index is 910. The number of hydrogen-bond acceptors (Lipinski definition) is 3. The maximum absolute atomic E-state index is 4.80. The zero-order valence-electron chi connectivity index (χ0n) is 16.8. The van der Waals surface area contributed by atoms with Gasteiger partial charge in [0.15, 0.2) is 0 Å². The van der Waals surface area contributed by atoms with Crippen LogP contribution in [0.5, 0.6) is 0 Å². The molecule has 1 aliphatic rings. The Morgan fingerprint density at radius 3 is 2.46 bits per heavy atom. The zero-order chi connectivity index (χ0) is 19.8. The Hall–Kier alpha value is -3.09. The van der Waals surface area contributed by atoms with Crippen LogP contribution in [-0.2, 0) is 0 Å². The van der Waals surface area contributed by atoms with E-state index in [4.69, 9.17) is 5.10 Å². The van der Waals surface area contributed by atoms with Gasteiger partial charge in [0.1, 0.15) is 0 Å². The maximum atomic E-state index is 4.80. The molecule has 3 nitrogen and oxygen atoms in total. The van der Waals surface area contributed by atoms with Crippen molar-refractivity contribution in [3.8, 4) is 11.8 Å². The number of nitrogens with zero attached hydrogens (tertiary/aromatic N) is 3. The van der Waals surface area contributed by atoms with Crippen LogP contribution >= 0.6 is 0 Å². The van der Waals surface area contributed by atoms with E-state index in [0.717, 1.165) is 24.3 Å². The lowest BCUT2D eigenvalue weighted by Crippen LogP contribution is -2.15. The van der Waals surface area contributed by atoms with Crippen molar-refractivity contribution < 1.29 is 0 Å². The van der Waals surface area contributed by atoms with Crippen molar-refractivity contribution >= 4 is 17.6 Å². The first-order chi connectivity index (χ1) is 13.6. The first-order valence-corrected chi connectivity index (χ1v) is 9.58. The molecule has 1 unspecified atom stereocenters. The van der Waals surface area contributed by atoms with Gasteiger partial charge in [-0.1, -0.05) is 66.0 Å². The van der Waals surface area contributed by atoms with Crippen LogP contribution in [0.15, 0.2) is 83.5 Å². The highest BCUT2D eigenvalue weighted by Crippen LogP contribution is 2.26. The van der Waals surface area contributed by atoms with Crippen molar-refractivity contribution in [3.05, 3.63) is 84.0 Å². The third-order valence-corrected chi connectivity index (χ3v) is 4.37. The summed E-state index contributed by atoms with van der Waals surface area (Å²) in [6, 6.07) is 18.6. The molecule has 2 aromatic carbocycles. The smallest absolute Gasteiger partial charge is 0.0756 e. The summed E-state index contributed by atoms with van der Waals surface area (Å²) in [4.78, 5) is 2.17. The first-order valence-electron chi connectivity index (χ1n) is 9.58. The van der Waals surface area contributed by atoms with Gasteiger partial charge in [-0.25, -0.2) is 5.01 Å². The maximum Gasteiger partial charge on any atom is 0.0756 e. The Labute approximate surface area is 168 Å². The molecule has 0 heterocycles. The Morgan fingerprint density at radius 2 is 1.75 bits per heavy atom. The summed E-state index contributed by atoms with van der Waals surface area (Å²) in [5, 5.41) is 6.76. The molecular formula is C25H27N3. The molecule has 0 spiro atoms. The van der Waals surface area contributed by atoms with Crippen LogP contribution in [0.4, 0.5) is 11.4 Å². The number of anilines is 2. The van der Waals surface area contributed by atoms with Gasteiger partial charge in [0.05, 0.1) is 17.3 Å². The molecule has 142 valence electrons. The van der Waals surface area contributed by atoms with Crippen LogP contribution in [0, 0.1) is 24.7 Å². The quantitative estimate of drug-likeness (QED) is 0.397. The molecule has 0 fully saturated rings. The van der Waals surface area contributed by atoms with Crippen molar-refractivity contribution in [2.45, 2.75) is 13.3 Å². The van der Waals surface area contributed by atoms with Crippen LogP contribution in [0.1, 0.15) is 12.0 Å². The van der Waals surface area contributed by atoms with Gasteiger partial charge in [-0.05, 0) is 50.9 Å². The minimum Gasteiger partial charge on any atom is -0.305 e. The summed E-state index contributed by atoms with van der Waals surface area (Å²) in [6.07, 6.45) is 9.19. The first kappa shape index (κ1) is 19.7. The van der Waals surface area contributed by atoms with Gasteiger partial charge < -0.3 is 4.90 Å². The number of allylic oxidation sites excluding steroid dienone is 2. The Balaban J connectivity index is 1.85. The fourth-order valence-corrected chi connectivity index (χ4v) is 2.95. The molecule has 2 aromatic rings. The number of benzene rings is 2. The van der Waals surface area contributed by atoms with E-state index >= 15 is 0 Å². The van der Waals surface area contributed by atoms with Gasteiger partial charge in [0, 0.05) is 19.2 Å². The highest BCUT2D eigenvalue weighted by molar-refractivity contribution is 5.73. The normalized spacial score (nSPS) is 19.3. The van der Waals surface area contributed by atoms with Crippen LogP contribution in [-0.4, -0.2) is 31.8 Å². The molecule has 0 saturated carbocycles. The number of rotatable bonds is 6. The third-order valence-electron chi connectivity index (χ3n) is 4.37. The minimum atomic E-state index is -0.0116. The number of hydrazone groups is 1. The van der Waals surface area contributed by atoms with E-state index in [1.807, 2.05) is 29.4 Å². The van der Waals surface area contributed by atoms with Gasteiger partial charge in [-0.3, -0.25) is 0 Å². The molecular weight excluding hydrogens is 342 g/mol. The summed E-state index contributed by atoms with van der Waals surface area (Å²) >= 11 is 0. The zero-order valence-corrected chi connectivity index (χ0v) is 16.8. The predicted octanol–water partition coefficient (Wildman–Crippen LogP) is 5.19. The van der Waals surface area contributed by atoms with E-state index in [2.05, 4.69) is 92.4 Å². The van der Waals surface area contributed by atoms with E-state index in [0.29, 0.717) is 0 Å². The van der Waals surface area contributed by atoms with Crippen LogP contribution in [0.3, 0.4) is 0 Å². The van der Waals surface area contributed by atoms with Crippen molar-refractivity contribution in [2.75, 3.05) is 25.6 Å². The van der Waals surface area contributed by atoms with E-state index in [1.54, 1.807) is 0 Å². The van der Waals surface area contributed by atoms with Crippen molar-refractivity contribution in [1.29, 1.82) is 0 Å². The van der Waals surface area contributed by atoms with Gasteiger partial charge in [-0.15, -0.1) is 0 Å². The lowest BCUT2D eigenvalue weighted by Gasteiger charge is -2.20. The highest BCUT2D eigenvalue weighted by atomic mass is 15.5. The number of para-hydroxylation sites is 1. The third kappa shape index (κ3) is 5.70. The van der Waals surface area contributed by atoms with Crippen molar-refractivity contribution in [1.82, 2.24) is 4.90 Å². The Morgan fingerprint density at radius 1 is 1.04 bits per heavy atom. The summed E-state index contributed by atoms with van der Waals surface area (Å²) < 4.78 is 0. The SMILES string of the molecule is Cc1ccc(N(/N=C/C2C#CC/C=C(CN(C)C)\C=C/2)c2ccccc2)cc1. The largest absolute Gasteiger partial charge is 0.305 e. The molecule has 0 aliphatic heterocycles. The fraction of sp³-hybridized carbons (Fsp3) is 0.240. The molecule has 1 atom stereocenters. The van der Waals surface area contributed by atoms with Crippen LogP contribution in [0.2, 0.25) is 0 Å². The lowest BCUT2D eigenvalue weighted by molar-refractivity contribution is 0.448. The van der Waals surface area contributed by atoms with Gasteiger partial charge >= 0.3 is 0 Å². The fourth-order valence-electron chi connectivity index (χ4n) is 2.95. The molecule has 0 bridgehead atoms. The van der Waals surface area contributed by atoms with Crippen molar-refractivity contribution in [3.63, 3.8) is 0 Å². The van der Waals surface area contributed by atoms with Crippen molar-refractivity contribution in [2.24, 2.45) is 11.0 Å². The van der Waals surface area contributed by atoms with Gasteiger partial charge in [0.2, 0.25) is 0 Å². The monoisotopic (exact) mass is 369 g/mol. The Kier molecular flexibility index (Phi) is 6.84. The molecule has 1 aliphatic carbocycles. The molecule has 3 rings (SSSR count). The molecule has 28 heavy (non-hydrogen) atoms. The van der Waals surface area contributed by atoms with E-state index in [-0.39, 0.29) is 5.92 Å². The van der Waals surface area contributed by atoms with Crippen LogP contribution < -0.4 is 5.01 Å². The van der Waals surface area contributed by atoms with Crippen LogP contribution in [0.25, 0.3) is 0 Å². The topological polar surface area (TPSA) is 18.8 Å². The van der Waals surface area contributed by atoms with Gasteiger partial charge in [0.25, 0.3) is 0 Å². The lowest BCUT2D eigenvalue weighted by atomic mass is 10.1. The van der Waals surface area contributed by atoms with E-state index in [9.17, 15) is 0 Å². The van der Waals surface area contributed by atoms with E-state index in [1.165, 1.54) is 11.1 Å². The number of aryl methyl sites for hydroxylation is 1. The second-order valence-electron chi connectivity index (χ2n) is 7.17. The molecule has 0 radical (unpaired) electrons. The number of hydrogen-bond donors (Lipinski definition) is 0. The van der Waals surface area contributed by atoms with Gasteiger partial charge in [-0.2, -0.15) is 5.10 Å². The summed E-state index contributed by atoms with van der Waals surface area (Å²) in [7, 11) is 4.16. The minimum absolute atomic E-state index is 0.0116. The highest BCUT2D eigenvalue weighted by Gasteiger charge is 2.08. The second-order valence-corrected chi connectivity index (χ2v) is 7.17. The summed E-state index contributed by atoms with van der Waals surface area (Å²) in [5.74, 6) is 6.53. The molecule has 0 aromatic heterocycles. The average Bonchev–Trinajstić information content (AvgIpc) is 2.68. The average molecular weight is 370 g/mol. The summed E-state index contributed by atoms with van der Waals surface area (Å²) in [5.41, 5.74) is 4.58.